The molecular formula is C21H18Cl2N2O2S. The van der Waals surface area contributed by atoms with Gasteiger partial charge in [0.05, 0.1) is 22.2 Å². The fourth-order valence-electron chi connectivity index (χ4n) is 2.84. The van der Waals surface area contributed by atoms with Gasteiger partial charge >= 0.3 is 0 Å². The highest BCUT2D eigenvalue weighted by Gasteiger charge is 2.21. The molecule has 0 radical (unpaired) electrons. The third kappa shape index (κ3) is 4.38. The van der Waals surface area contributed by atoms with Crippen molar-refractivity contribution in [2.45, 2.75) is 13.0 Å². The number of anilines is 1. The van der Waals surface area contributed by atoms with E-state index >= 15 is 0 Å². The Kier molecular flexibility index (Phi) is 6.39. The second kappa shape index (κ2) is 8.78. The molecule has 0 saturated heterocycles. The maximum absolute atomic E-state index is 12.9. The van der Waals surface area contributed by atoms with Crippen LogP contribution in [0, 0.1) is 0 Å². The number of amides is 2. The van der Waals surface area contributed by atoms with Gasteiger partial charge in [0.2, 0.25) is 0 Å². The molecule has 0 fully saturated rings. The van der Waals surface area contributed by atoms with Crippen molar-refractivity contribution in [2.24, 2.45) is 0 Å². The largest absolute Gasteiger partial charge is 0.345 e. The van der Waals surface area contributed by atoms with E-state index < -0.39 is 0 Å². The minimum Gasteiger partial charge on any atom is -0.345 e. The molecule has 4 nitrogen and oxygen atoms in total. The Labute approximate surface area is 177 Å². The number of nitrogens with zero attached hydrogens (tertiary/aromatic N) is 1. The molecule has 1 aromatic heterocycles. The molecule has 144 valence electrons. The van der Waals surface area contributed by atoms with Gasteiger partial charge in [0.15, 0.2) is 0 Å². The number of carbonyl (C=O) groups excluding carboxylic acids is 2. The fourth-order valence-corrected chi connectivity index (χ4v) is 4.11. The van der Waals surface area contributed by atoms with Crippen LogP contribution < -0.4 is 10.2 Å². The molecule has 28 heavy (non-hydrogen) atoms. The lowest BCUT2D eigenvalue weighted by molar-refractivity contribution is 0.0940. The van der Waals surface area contributed by atoms with Crippen molar-refractivity contribution < 1.29 is 9.59 Å². The van der Waals surface area contributed by atoms with Gasteiger partial charge in [-0.15, -0.1) is 11.3 Å². The predicted octanol–water partition coefficient (Wildman–Crippen LogP) is 5.82. The van der Waals surface area contributed by atoms with E-state index in [-0.39, 0.29) is 17.9 Å². The van der Waals surface area contributed by atoms with Gasteiger partial charge in [-0.05, 0) is 48.2 Å². The molecule has 0 aliphatic carbocycles. The molecule has 0 aliphatic rings. The first-order valence-corrected chi connectivity index (χ1v) is 10.2. The summed E-state index contributed by atoms with van der Waals surface area (Å²) in [5.74, 6) is -0.455. The number of nitrogens with one attached hydrogen (secondary N) is 1. The highest BCUT2D eigenvalue weighted by Crippen LogP contribution is 2.27. The third-order valence-corrected chi connectivity index (χ3v) is 5.74. The van der Waals surface area contributed by atoms with Gasteiger partial charge < -0.3 is 10.2 Å². The minimum atomic E-state index is -0.330. The molecule has 0 aliphatic heterocycles. The van der Waals surface area contributed by atoms with E-state index in [9.17, 15) is 9.59 Å². The summed E-state index contributed by atoms with van der Waals surface area (Å²) in [5.41, 5.74) is 1.71. The van der Waals surface area contributed by atoms with Crippen LogP contribution in [0.4, 0.5) is 5.69 Å². The summed E-state index contributed by atoms with van der Waals surface area (Å²) >= 11 is 13.6. The number of rotatable bonds is 5. The topological polar surface area (TPSA) is 49.4 Å². The Morgan fingerprint density at radius 2 is 1.82 bits per heavy atom. The lowest BCUT2D eigenvalue weighted by Crippen LogP contribution is -2.31. The van der Waals surface area contributed by atoms with Crippen molar-refractivity contribution >= 4 is 52.0 Å². The lowest BCUT2D eigenvalue weighted by Gasteiger charge is -2.21. The zero-order valence-electron chi connectivity index (χ0n) is 15.3. The first-order valence-electron chi connectivity index (χ1n) is 8.55. The Bertz CT molecular complexity index is 1010. The summed E-state index contributed by atoms with van der Waals surface area (Å²) in [7, 11) is 1.66. The van der Waals surface area contributed by atoms with Gasteiger partial charge in [0.25, 0.3) is 11.8 Å². The number of thiophene rings is 1. The molecule has 3 rings (SSSR count). The average Bonchev–Trinajstić information content (AvgIpc) is 3.21. The molecule has 2 amide bonds. The van der Waals surface area contributed by atoms with Gasteiger partial charge in [0, 0.05) is 17.1 Å². The number of benzene rings is 2. The molecule has 3 aromatic rings. The highest BCUT2D eigenvalue weighted by molar-refractivity contribution is 7.12. The molecule has 1 N–H and O–H groups in total. The van der Waals surface area contributed by atoms with Gasteiger partial charge in [0.1, 0.15) is 0 Å². The number of para-hydroxylation sites is 1. The molecule has 1 atom stereocenters. The van der Waals surface area contributed by atoms with E-state index in [4.69, 9.17) is 23.2 Å². The van der Waals surface area contributed by atoms with Crippen molar-refractivity contribution in [3.05, 3.63) is 86.0 Å². The maximum Gasteiger partial charge on any atom is 0.268 e. The van der Waals surface area contributed by atoms with Crippen LogP contribution in [0.2, 0.25) is 10.0 Å². The lowest BCUT2D eigenvalue weighted by atomic mass is 10.1. The summed E-state index contributed by atoms with van der Waals surface area (Å²) in [5, 5.41) is 5.80. The van der Waals surface area contributed by atoms with Crippen LogP contribution in [-0.2, 0) is 0 Å². The van der Waals surface area contributed by atoms with Crippen LogP contribution >= 0.6 is 34.5 Å². The highest BCUT2D eigenvalue weighted by atomic mass is 35.5. The van der Waals surface area contributed by atoms with E-state index in [0.29, 0.717) is 26.2 Å². The average molecular weight is 433 g/mol. The van der Waals surface area contributed by atoms with E-state index in [2.05, 4.69) is 5.32 Å². The quantitative estimate of drug-likeness (QED) is 0.551. The second-order valence-electron chi connectivity index (χ2n) is 6.22. The van der Waals surface area contributed by atoms with E-state index in [1.165, 1.54) is 16.2 Å². The molecule has 7 heteroatoms. The first kappa shape index (κ1) is 20.4. The summed E-state index contributed by atoms with van der Waals surface area (Å²) in [4.78, 5) is 27.7. The minimum absolute atomic E-state index is 0.163. The van der Waals surface area contributed by atoms with E-state index in [0.717, 1.165) is 5.56 Å². The van der Waals surface area contributed by atoms with Crippen molar-refractivity contribution in [1.29, 1.82) is 0 Å². The zero-order chi connectivity index (χ0) is 20.3. The summed E-state index contributed by atoms with van der Waals surface area (Å²) < 4.78 is 0. The van der Waals surface area contributed by atoms with Crippen molar-refractivity contribution in [1.82, 2.24) is 5.32 Å². The Morgan fingerprint density at radius 1 is 1.07 bits per heavy atom. The van der Waals surface area contributed by atoms with Gasteiger partial charge in [-0.25, -0.2) is 0 Å². The number of halogens is 2. The van der Waals surface area contributed by atoms with Gasteiger partial charge in [-0.2, -0.15) is 0 Å². The van der Waals surface area contributed by atoms with Gasteiger partial charge in [-0.3, -0.25) is 9.59 Å². The SMILES string of the molecule is C[C@H](NC(=O)c1ccccc1N(C)C(=O)c1cccs1)c1ccc(Cl)cc1Cl. The van der Waals surface area contributed by atoms with Crippen molar-refractivity contribution in [2.75, 3.05) is 11.9 Å². The number of hydrogen-bond acceptors (Lipinski definition) is 3. The Morgan fingerprint density at radius 3 is 2.50 bits per heavy atom. The molecule has 1 heterocycles. The summed E-state index contributed by atoms with van der Waals surface area (Å²) in [6.07, 6.45) is 0. The van der Waals surface area contributed by atoms with Crippen LogP contribution in [0.3, 0.4) is 0 Å². The van der Waals surface area contributed by atoms with Gasteiger partial charge in [-0.1, -0.05) is 47.5 Å². The second-order valence-corrected chi connectivity index (χ2v) is 8.01. The summed E-state index contributed by atoms with van der Waals surface area (Å²) in [6.45, 7) is 1.84. The first-order chi connectivity index (χ1) is 13.4. The zero-order valence-corrected chi connectivity index (χ0v) is 17.6. The normalized spacial score (nSPS) is 11.7. The maximum atomic E-state index is 12.9. The molecular weight excluding hydrogens is 415 g/mol. The fraction of sp³-hybridized carbons (Fsp3) is 0.143. The molecule has 0 bridgehead atoms. The predicted molar refractivity (Wildman–Crippen MR) is 116 cm³/mol. The smallest absolute Gasteiger partial charge is 0.268 e. The Balaban J connectivity index is 1.83. The van der Waals surface area contributed by atoms with Crippen molar-refractivity contribution in [3.8, 4) is 0 Å². The third-order valence-electron chi connectivity index (χ3n) is 4.32. The van der Waals surface area contributed by atoms with E-state index in [1.54, 1.807) is 55.6 Å². The molecule has 2 aromatic carbocycles. The molecule has 0 spiro atoms. The van der Waals surface area contributed by atoms with Crippen LogP contribution in [0.1, 0.15) is 38.6 Å². The monoisotopic (exact) mass is 432 g/mol. The van der Waals surface area contributed by atoms with Crippen LogP contribution in [0.15, 0.2) is 60.0 Å². The standard InChI is InChI=1S/C21H18Cl2N2O2S/c1-13(15-10-9-14(22)12-17(15)23)24-20(26)16-6-3-4-7-18(16)25(2)21(27)19-8-5-11-28-19/h3-13H,1-2H3,(H,24,26)/t13-/m0/s1. The van der Waals surface area contributed by atoms with Crippen LogP contribution in [0.25, 0.3) is 0 Å². The summed E-state index contributed by atoms with van der Waals surface area (Å²) in [6, 6.07) is 15.4. The Hall–Kier alpha value is -2.34. The van der Waals surface area contributed by atoms with E-state index in [1.807, 2.05) is 18.4 Å². The van der Waals surface area contributed by atoms with Crippen LogP contribution in [0.5, 0.6) is 0 Å². The van der Waals surface area contributed by atoms with Crippen LogP contribution in [-0.4, -0.2) is 18.9 Å². The molecule has 0 unspecified atom stereocenters. The van der Waals surface area contributed by atoms with Crippen molar-refractivity contribution in [3.63, 3.8) is 0 Å². The number of hydrogen-bond donors (Lipinski definition) is 1. The molecule has 0 saturated carbocycles. The number of carbonyl (C=O) groups is 2.